The summed E-state index contributed by atoms with van der Waals surface area (Å²) in [4.78, 5) is 9.16. The Kier molecular flexibility index (Phi) is 5.82. The second-order valence-corrected chi connectivity index (χ2v) is 11.8. The van der Waals surface area contributed by atoms with Crippen molar-refractivity contribution in [1.29, 1.82) is 0 Å². The van der Waals surface area contributed by atoms with E-state index in [1.54, 1.807) is 35.2 Å². The van der Waals surface area contributed by atoms with Crippen molar-refractivity contribution >= 4 is 16.0 Å². The fourth-order valence-electron chi connectivity index (χ4n) is 4.07. The third-order valence-corrected chi connectivity index (χ3v) is 8.28. The molecule has 170 valence electrons. The van der Waals surface area contributed by atoms with Crippen molar-refractivity contribution in [2.75, 3.05) is 18.4 Å². The highest BCUT2D eigenvalue weighted by Crippen LogP contribution is 2.33. The monoisotopic (exact) mass is 448 g/mol. The first kappa shape index (κ1) is 22.2. The zero-order chi connectivity index (χ0) is 22.4. The highest BCUT2D eigenvalue weighted by Gasteiger charge is 2.42. The van der Waals surface area contributed by atoms with E-state index in [4.69, 9.17) is 4.98 Å². The van der Waals surface area contributed by atoms with Crippen LogP contribution in [0.3, 0.4) is 0 Å². The molecule has 1 aliphatic heterocycles. The van der Waals surface area contributed by atoms with Crippen LogP contribution < -0.4 is 5.32 Å². The SMILES string of the molecule is Cc1cnc(N[C@H]2CCN(S(=O)(=O)C3CC3)C[C@H]2C)nc1-c1cnn(CC(C)(C)O)c1. The molecule has 10 heteroatoms. The first-order valence-corrected chi connectivity index (χ1v) is 12.4. The molecule has 0 radical (unpaired) electrons. The van der Waals surface area contributed by atoms with Gasteiger partial charge in [0.15, 0.2) is 0 Å². The molecule has 1 saturated carbocycles. The van der Waals surface area contributed by atoms with Gasteiger partial charge in [0.1, 0.15) is 0 Å². The fourth-order valence-corrected chi connectivity index (χ4v) is 6.02. The quantitative estimate of drug-likeness (QED) is 0.666. The van der Waals surface area contributed by atoms with Crippen molar-refractivity contribution < 1.29 is 13.5 Å². The highest BCUT2D eigenvalue weighted by molar-refractivity contribution is 7.90. The summed E-state index contributed by atoms with van der Waals surface area (Å²) in [6, 6.07) is 0.110. The van der Waals surface area contributed by atoms with Gasteiger partial charge in [0.25, 0.3) is 0 Å². The molecular formula is C21H32N6O3S. The molecule has 0 aromatic carbocycles. The molecule has 1 aliphatic carbocycles. The molecule has 1 saturated heterocycles. The van der Waals surface area contributed by atoms with E-state index in [9.17, 15) is 13.5 Å². The Morgan fingerprint density at radius 1 is 1.26 bits per heavy atom. The Morgan fingerprint density at radius 3 is 2.65 bits per heavy atom. The number of aliphatic hydroxyl groups is 1. The topological polar surface area (TPSA) is 113 Å². The molecule has 2 atom stereocenters. The minimum absolute atomic E-state index is 0.110. The molecule has 0 spiro atoms. The largest absolute Gasteiger partial charge is 0.389 e. The summed E-state index contributed by atoms with van der Waals surface area (Å²) in [6.07, 6.45) is 7.72. The molecule has 0 bridgehead atoms. The Hall–Kier alpha value is -2.04. The molecule has 0 unspecified atom stereocenters. The van der Waals surface area contributed by atoms with Crippen molar-refractivity contribution in [3.8, 4) is 11.3 Å². The number of hydrogen-bond acceptors (Lipinski definition) is 7. The Labute approximate surface area is 183 Å². The Balaban J connectivity index is 1.45. The van der Waals surface area contributed by atoms with Gasteiger partial charge in [0.2, 0.25) is 16.0 Å². The van der Waals surface area contributed by atoms with Gasteiger partial charge >= 0.3 is 0 Å². The zero-order valence-electron chi connectivity index (χ0n) is 18.6. The first-order chi connectivity index (χ1) is 14.5. The van der Waals surface area contributed by atoms with E-state index in [1.807, 2.05) is 13.1 Å². The predicted molar refractivity (Wildman–Crippen MR) is 119 cm³/mol. The lowest BCUT2D eigenvalue weighted by atomic mass is 9.95. The molecular weight excluding hydrogens is 416 g/mol. The Bertz CT molecular complexity index is 1040. The van der Waals surface area contributed by atoms with E-state index < -0.39 is 15.6 Å². The lowest BCUT2D eigenvalue weighted by molar-refractivity contribution is 0.0577. The third kappa shape index (κ3) is 5.07. The fraction of sp³-hybridized carbons (Fsp3) is 0.667. The molecule has 4 rings (SSSR count). The van der Waals surface area contributed by atoms with E-state index in [2.05, 4.69) is 22.3 Å². The number of rotatable bonds is 7. The minimum atomic E-state index is -3.13. The lowest BCUT2D eigenvalue weighted by Gasteiger charge is -2.36. The van der Waals surface area contributed by atoms with Crippen LogP contribution in [0.15, 0.2) is 18.6 Å². The van der Waals surface area contributed by atoms with Gasteiger partial charge in [-0.25, -0.2) is 22.7 Å². The first-order valence-electron chi connectivity index (χ1n) is 10.9. The summed E-state index contributed by atoms with van der Waals surface area (Å²) in [5.74, 6) is 0.691. The van der Waals surface area contributed by atoms with Gasteiger partial charge in [0, 0.05) is 37.1 Å². The summed E-state index contributed by atoms with van der Waals surface area (Å²) in [5, 5.41) is 17.6. The van der Waals surface area contributed by atoms with Crippen LogP contribution in [0.2, 0.25) is 0 Å². The van der Waals surface area contributed by atoms with Gasteiger partial charge in [-0.15, -0.1) is 0 Å². The second kappa shape index (κ2) is 8.14. The number of piperidine rings is 1. The molecule has 0 amide bonds. The lowest BCUT2D eigenvalue weighted by Crippen LogP contribution is -2.48. The van der Waals surface area contributed by atoms with Gasteiger partial charge in [0.05, 0.1) is 29.3 Å². The number of anilines is 1. The number of aryl methyl sites for hydroxylation is 1. The van der Waals surface area contributed by atoms with Crippen molar-refractivity contribution in [2.24, 2.45) is 5.92 Å². The van der Waals surface area contributed by atoms with Crippen molar-refractivity contribution in [1.82, 2.24) is 24.1 Å². The second-order valence-electron chi connectivity index (χ2n) is 9.58. The van der Waals surface area contributed by atoms with Crippen LogP contribution >= 0.6 is 0 Å². The average Bonchev–Trinajstić information content (AvgIpc) is 3.45. The maximum atomic E-state index is 12.5. The maximum absolute atomic E-state index is 12.5. The number of nitrogens with one attached hydrogen (secondary N) is 1. The van der Waals surface area contributed by atoms with E-state index in [-0.39, 0.29) is 17.2 Å². The summed E-state index contributed by atoms with van der Waals surface area (Å²) in [6.45, 7) is 8.96. The average molecular weight is 449 g/mol. The van der Waals surface area contributed by atoms with Gasteiger partial charge < -0.3 is 10.4 Å². The van der Waals surface area contributed by atoms with Crippen LogP contribution in [0.25, 0.3) is 11.3 Å². The highest BCUT2D eigenvalue weighted by atomic mass is 32.2. The van der Waals surface area contributed by atoms with E-state index in [0.717, 1.165) is 36.1 Å². The molecule has 9 nitrogen and oxygen atoms in total. The smallest absolute Gasteiger partial charge is 0.223 e. The minimum Gasteiger partial charge on any atom is -0.389 e. The molecule has 3 heterocycles. The van der Waals surface area contributed by atoms with Crippen LogP contribution in [0.5, 0.6) is 0 Å². The van der Waals surface area contributed by atoms with Gasteiger partial charge in [-0.1, -0.05) is 6.92 Å². The van der Waals surface area contributed by atoms with E-state index >= 15 is 0 Å². The van der Waals surface area contributed by atoms with Crippen LogP contribution in [0.1, 0.15) is 45.6 Å². The molecule has 2 aliphatic rings. The van der Waals surface area contributed by atoms with Gasteiger partial charge in [-0.3, -0.25) is 4.68 Å². The van der Waals surface area contributed by atoms with Crippen LogP contribution in [-0.2, 0) is 16.6 Å². The van der Waals surface area contributed by atoms with Crippen LogP contribution in [-0.4, -0.2) is 67.6 Å². The van der Waals surface area contributed by atoms with Crippen LogP contribution in [0.4, 0.5) is 5.95 Å². The van der Waals surface area contributed by atoms with E-state index in [1.165, 1.54) is 0 Å². The van der Waals surface area contributed by atoms with Gasteiger partial charge in [-0.05, 0) is 51.5 Å². The predicted octanol–water partition coefficient (Wildman–Crippen LogP) is 2.03. The summed E-state index contributed by atoms with van der Waals surface area (Å²) in [7, 11) is -3.13. The van der Waals surface area contributed by atoms with Crippen molar-refractivity contribution in [3.63, 3.8) is 0 Å². The third-order valence-electron chi connectivity index (χ3n) is 5.92. The summed E-state index contributed by atoms with van der Waals surface area (Å²) in [5.41, 5.74) is 1.74. The Morgan fingerprint density at radius 2 is 2.00 bits per heavy atom. The van der Waals surface area contributed by atoms with Crippen molar-refractivity contribution in [2.45, 2.75) is 70.4 Å². The molecule has 2 fully saturated rings. The molecule has 2 aromatic heterocycles. The number of hydrogen-bond donors (Lipinski definition) is 2. The molecule has 2 N–H and O–H groups in total. The maximum Gasteiger partial charge on any atom is 0.223 e. The standard InChI is InChI=1S/C21H32N6O3S/c1-14-9-22-20(25-19(14)16-10-23-26(12-16)13-21(3,4)28)24-18-7-8-27(11-15(18)2)31(29,30)17-5-6-17/h9-10,12,15,17-18,28H,5-8,11,13H2,1-4H3,(H,22,24,25)/t15-,18+/m1/s1. The molecule has 2 aromatic rings. The number of sulfonamides is 1. The number of nitrogens with zero attached hydrogens (tertiary/aromatic N) is 5. The molecule has 31 heavy (non-hydrogen) atoms. The van der Waals surface area contributed by atoms with Crippen molar-refractivity contribution in [3.05, 3.63) is 24.2 Å². The van der Waals surface area contributed by atoms with Crippen LogP contribution in [0, 0.1) is 12.8 Å². The summed E-state index contributed by atoms with van der Waals surface area (Å²) < 4.78 is 28.5. The summed E-state index contributed by atoms with van der Waals surface area (Å²) >= 11 is 0. The number of aromatic nitrogens is 4. The normalized spacial score (nSPS) is 23.1. The van der Waals surface area contributed by atoms with E-state index in [0.29, 0.717) is 25.6 Å². The zero-order valence-corrected chi connectivity index (χ0v) is 19.4. The van der Waals surface area contributed by atoms with Gasteiger partial charge in [-0.2, -0.15) is 5.10 Å².